The highest BCUT2D eigenvalue weighted by molar-refractivity contribution is 8.01. The van der Waals surface area contributed by atoms with E-state index in [0.717, 1.165) is 47.1 Å². The number of rotatable bonds is 6. The van der Waals surface area contributed by atoms with Crippen LogP contribution < -0.4 is 15.0 Å². The van der Waals surface area contributed by atoms with Gasteiger partial charge in [-0.1, -0.05) is 23.1 Å². The summed E-state index contributed by atoms with van der Waals surface area (Å²) in [6.45, 7) is 3.16. The Hall–Kier alpha value is -2.00. The molecule has 0 saturated carbocycles. The molecule has 0 bridgehead atoms. The lowest BCUT2D eigenvalue weighted by atomic mass is 10.2. The maximum Gasteiger partial charge on any atom is 0.233 e. The highest BCUT2D eigenvalue weighted by Crippen LogP contribution is 2.25. The van der Waals surface area contributed by atoms with Crippen molar-refractivity contribution in [3.63, 3.8) is 0 Å². The molecule has 0 aliphatic carbocycles. The quantitative estimate of drug-likeness (QED) is 0.770. The molecular formula is C16H21N5O2S2. The third kappa shape index (κ3) is 4.55. The van der Waals surface area contributed by atoms with Gasteiger partial charge in [-0.2, -0.15) is 0 Å². The van der Waals surface area contributed by atoms with Gasteiger partial charge in [0.25, 0.3) is 0 Å². The van der Waals surface area contributed by atoms with E-state index in [-0.39, 0.29) is 5.91 Å². The van der Waals surface area contributed by atoms with Gasteiger partial charge in [-0.25, -0.2) is 0 Å². The molecule has 2 heterocycles. The van der Waals surface area contributed by atoms with Gasteiger partial charge >= 0.3 is 0 Å². The number of nitrogens with zero attached hydrogens (tertiary/aromatic N) is 4. The fraction of sp³-hybridized carbons (Fsp3) is 0.438. The topological polar surface area (TPSA) is 70.6 Å². The van der Waals surface area contributed by atoms with Crippen LogP contribution in [0.2, 0.25) is 0 Å². The van der Waals surface area contributed by atoms with Gasteiger partial charge in [0.15, 0.2) is 4.34 Å². The van der Waals surface area contributed by atoms with Crippen LogP contribution in [0.3, 0.4) is 0 Å². The number of piperazine rings is 1. The summed E-state index contributed by atoms with van der Waals surface area (Å²) in [4.78, 5) is 16.6. The highest BCUT2D eigenvalue weighted by Gasteiger charge is 2.21. The van der Waals surface area contributed by atoms with Gasteiger partial charge in [0.2, 0.25) is 11.0 Å². The molecule has 1 aliphatic heterocycles. The maximum absolute atomic E-state index is 12.4. The van der Waals surface area contributed by atoms with Crippen molar-refractivity contribution < 1.29 is 9.53 Å². The largest absolute Gasteiger partial charge is 0.497 e. The Morgan fingerprint density at radius 1 is 1.24 bits per heavy atom. The molecule has 0 spiro atoms. The summed E-state index contributed by atoms with van der Waals surface area (Å²) in [5, 5.41) is 11.7. The molecule has 1 aromatic heterocycles. The third-order valence-corrected chi connectivity index (χ3v) is 6.07. The van der Waals surface area contributed by atoms with E-state index >= 15 is 0 Å². The zero-order valence-corrected chi connectivity index (χ0v) is 15.9. The fourth-order valence-electron chi connectivity index (χ4n) is 2.59. The molecule has 7 nitrogen and oxygen atoms in total. The lowest BCUT2D eigenvalue weighted by Crippen LogP contribution is -2.49. The van der Waals surface area contributed by atoms with Gasteiger partial charge in [0.1, 0.15) is 5.75 Å². The Morgan fingerprint density at radius 2 is 1.96 bits per heavy atom. The molecule has 1 aromatic carbocycles. The molecule has 0 unspecified atom stereocenters. The minimum absolute atomic E-state index is 0.153. The first kappa shape index (κ1) is 17.8. The van der Waals surface area contributed by atoms with Gasteiger partial charge in [0.05, 0.1) is 12.9 Å². The predicted molar refractivity (Wildman–Crippen MR) is 102 cm³/mol. The molecule has 1 saturated heterocycles. The van der Waals surface area contributed by atoms with Gasteiger partial charge in [0, 0.05) is 38.9 Å². The first-order valence-electron chi connectivity index (χ1n) is 8.00. The molecule has 0 radical (unpaired) electrons. The molecule has 1 fully saturated rings. The van der Waals surface area contributed by atoms with Crippen LogP contribution >= 0.6 is 23.1 Å². The minimum Gasteiger partial charge on any atom is -0.497 e. The van der Waals surface area contributed by atoms with Crippen molar-refractivity contribution in [2.75, 3.05) is 56.3 Å². The number of carbonyl (C=O) groups excluding carboxylic acids is 1. The number of thioether (sulfide) groups is 1. The fourth-order valence-corrected chi connectivity index (χ4v) is 4.20. The summed E-state index contributed by atoms with van der Waals surface area (Å²) < 4.78 is 6.01. The second kappa shape index (κ2) is 8.39. The van der Waals surface area contributed by atoms with Crippen LogP contribution in [0.15, 0.2) is 28.6 Å². The van der Waals surface area contributed by atoms with Crippen LogP contribution in [-0.2, 0) is 4.79 Å². The normalized spacial score (nSPS) is 14.5. The minimum atomic E-state index is 0.153. The van der Waals surface area contributed by atoms with Gasteiger partial charge in [-0.05, 0) is 24.3 Å². The molecule has 9 heteroatoms. The second-order valence-electron chi connectivity index (χ2n) is 5.48. The Labute approximate surface area is 155 Å². The molecular weight excluding hydrogens is 358 g/mol. The smallest absolute Gasteiger partial charge is 0.233 e. The van der Waals surface area contributed by atoms with Crippen molar-refractivity contribution in [2.45, 2.75) is 4.34 Å². The van der Waals surface area contributed by atoms with Crippen LogP contribution in [0.25, 0.3) is 0 Å². The Bertz CT molecular complexity index is 699. The molecule has 2 aromatic rings. The number of hydrogen-bond donors (Lipinski definition) is 1. The van der Waals surface area contributed by atoms with E-state index in [0.29, 0.717) is 5.75 Å². The predicted octanol–water partition coefficient (Wildman–Crippen LogP) is 2.03. The lowest BCUT2D eigenvalue weighted by molar-refractivity contribution is -0.128. The average Bonchev–Trinajstić information content (AvgIpc) is 3.14. The molecule has 25 heavy (non-hydrogen) atoms. The number of nitrogens with one attached hydrogen (secondary N) is 1. The van der Waals surface area contributed by atoms with E-state index in [1.54, 1.807) is 7.11 Å². The van der Waals surface area contributed by atoms with Crippen LogP contribution in [0.4, 0.5) is 10.8 Å². The highest BCUT2D eigenvalue weighted by atomic mass is 32.2. The van der Waals surface area contributed by atoms with Crippen molar-refractivity contribution in [3.8, 4) is 5.75 Å². The van der Waals surface area contributed by atoms with Gasteiger partial charge in [-0.3, -0.25) is 4.79 Å². The van der Waals surface area contributed by atoms with Crippen molar-refractivity contribution >= 4 is 39.8 Å². The van der Waals surface area contributed by atoms with Gasteiger partial charge in [-0.15, -0.1) is 10.2 Å². The zero-order chi connectivity index (χ0) is 17.6. The lowest BCUT2D eigenvalue weighted by Gasteiger charge is -2.36. The Morgan fingerprint density at radius 3 is 2.56 bits per heavy atom. The standard InChI is InChI=1S/C16H21N5O2S2/c1-17-15-18-19-16(25-15)24-11-14(22)21-9-7-20(8-10-21)12-3-5-13(23-2)6-4-12/h3-6H,7-11H2,1-2H3,(H,17,18). The number of carbonyl (C=O) groups is 1. The first-order valence-corrected chi connectivity index (χ1v) is 9.80. The molecule has 1 N–H and O–H groups in total. The van der Waals surface area contributed by atoms with Crippen LogP contribution in [0, 0.1) is 0 Å². The maximum atomic E-state index is 12.4. The molecule has 134 valence electrons. The Balaban J connectivity index is 1.46. The van der Waals surface area contributed by atoms with Crippen LogP contribution in [-0.4, -0.2) is 67.1 Å². The zero-order valence-electron chi connectivity index (χ0n) is 14.3. The number of benzene rings is 1. The van der Waals surface area contributed by atoms with E-state index in [1.165, 1.54) is 23.1 Å². The number of ether oxygens (including phenoxy) is 1. The number of hydrogen-bond acceptors (Lipinski definition) is 8. The molecule has 0 atom stereocenters. The number of anilines is 2. The number of methoxy groups -OCH3 is 1. The van der Waals surface area contributed by atoms with Crippen LogP contribution in [0.1, 0.15) is 0 Å². The van der Waals surface area contributed by atoms with Crippen molar-refractivity contribution in [1.29, 1.82) is 0 Å². The van der Waals surface area contributed by atoms with E-state index in [9.17, 15) is 4.79 Å². The van der Waals surface area contributed by atoms with Crippen molar-refractivity contribution in [3.05, 3.63) is 24.3 Å². The first-order chi connectivity index (χ1) is 12.2. The summed E-state index contributed by atoms with van der Waals surface area (Å²) in [5.74, 6) is 1.41. The van der Waals surface area contributed by atoms with Crippen LogP contribution in [0.5, 0.6) is 5.75 Å². The van der Waals surface area contributed by atoms with E-state index < -0.39 is 0 Å². The number of aromatic nitrogens is 2. The summed E-state index contributed by atoms with van der Waals surface area (Å²) >= 11 is 2.91. The average molecular weight is 380 g/mol. The van der Waals surface area contributed by atoms with E-state index in [2.05, 4.69) is 32.5 Å². The monoisotopic (exact) mass is 379 g/mol. The molecule has 1 amide bonds. The summed E-state index contributed by atoms with van der Waals surface area (Å²) in [7, 11) is 3.47. The summed E-state index contributed by atoms with van der Waals surface area (Å²) in [6.07, 6.45) is 0. The van der Waals surface area contributed by atoms with Crippen molar-refractivity contribution in [2.24, 2.45) is 0 Å². The molecule has 3 rings (SSSR count). The SMILES string of the molecule is CNc1nnc(SCC(=O)N2CCN(c3ccc(OC)cc3)CC2)s1. The second-order valence-corrected chi connectivity index (χ2v) is 7.68. The van der Waals surface area contributed by atoms with E-state index in [4.69, 9.17) is 4.74 Å². The summed E-state index contributed by atoms with van der Waals surface area (Å²) in [5.41, 5.74) is 1.16. The summed E-state index contributed by atoms with van der Waals surface area (Å²) in [6, 6.07) is 8.04. The number of amides is 1. The van der Waals surface area contributed by atoms with Gasteiger partial charge < -0.3 is 19.9 Å². The Kier molecular flexibility index (Phi) is 5.98. The van der Waals surface area contributed by atoms with Crippen molar-refractivity contribution in [1.82, 2.24) is 15.1 Å². The van der Waals surface area contributed by atoms with E-state index in [1.807, 2.05) is 24.1 Å². The molecule has 1 aliphatic rings. The third-order valence-electron chi connectivity index (χ3n) is 4.01.